The summed E-state index contributed by atoms with van der Waals surface area (Å²) in [6.07, 6.45) is 6.79. The molecule has 1 N–H and O–H groups in total. The first-order valence-corrected chi connectivity index (χ1v) is 6.72. The molecule has 1 fully saturated rings. The Kier molecular flexibility index (Phi) is 3.42. The second-order valence-electron chi connectivity index (χ2n) is 4.83. The maximum absolute atomic E-state index is 4.48. The van der Waals surface area contributed by atoms with Crippen molar-refractivity contribution >= 4 is 11.3 Å². The number of aromatic nitrogens is 1. The smallest absolute Gasteiger partial charge is 0.0897 e. The molecule has 1 aliphatic carbocycles. The minimum absolute atomic E-state index is 0.357. The fourth-order valence-electron chi connectivity index (χ4n) is 2.30. The van der Waals surface area contributed by atoms with Crippen molar-refractivity contribution in [3.05, 3.63) is 16.1 Å². The van der Waals surface area contributed by atoms with Crippen LogP contribution in [0, 0.1) is 6.92 Å². The van der Waals surface area contributed by atoms with Gasteiger partial charge in [-0.25, -0.2) is 4.98 Å². The molecule has 0 aliphatic heterocycles. The highest BCUT2D eigenvalue weighted by Gasteiger charge is 2.25. The average Bonchev–Trinajstić information content (AvgIpc) is 2.63. The van der Waals surface area contributed by atoms with Crippen LogP contribution < -0.4 is 5.32 Å². The molecule has 0 bridgehead atoms. The van der Waals surface area contributed by atoms with Gasteiger partial charge in [-0.3, -0.25) is 0 Å². The Balaban J connectivity index is 1.86. The summed E-state index contributed by atoms with van der Waals surface area (Å²) in [5.74, 6) is 0. The molecular formula is C12H20N2S. The van der Waals surface area contributed by atoms with Crippen molar-refractivity contribution in [2.75, 3.05) is 0 Å². The Hall–Kier alpha value is -0.410. The lowest BCUT2D eigenvalue weighted by atomic mass is 9.83. The Labute approximate surface area is 96.1 Å². The van der Waals surface area contributed by atoms with E-state index in [1.54, 1.807) is 11.3 Å². The number of hydrogen-bond acceptors (Lipinski definition) is 3. The Morgan fingerprint density at radius 3 is 2.73 bits per heavy atom. The van der Waals surface area contributed by atoms with Crippen LogP contribution in [0.3, 0.4) is 0 Å². The summed E-state index contributed by atoms with van der Waals surface area (Å²) in [4.78, 5) is 4.48. The Morgan fingerprint density at radius 1 is 1.40 bits per heavy atom. The van der Waals surface area contributed by atoms with E-state index in [1.165, 1.54) is 42.8 Å². The van der Waals surface area contributed by atoms with Gasteiger partial charge in [-0.2, -0.15) is 0 Å². The molecule has 2 nitrogen and oxygen atoms in total. The normalized spacial score (nSPS) is 20.4. The van der Waals surface area contributed by atoms with E-state index in [4.69, 9.17) is 0 Å². The predicted octanol–water partition coefficient (Wildman–Crippen LogP) is 3.26. The fraction of sp³-hybridized carbons (Fsp3) is 0.750. The molecule has 0 atom stereocenters. The van der Waals surface area contributed by atoms with Crippen molar-refractivity contribution < 1.29 is 0 Å². The third-order valence-corrected chi connectivity index (χ3v) is 4.14. The number of hydrogen-bond donors (Lipinski definition) is 1. The van der Waals surface area contributed by atoms with Crippen LogP contribution in [-0.4, -0.2) is 10.5 Å². The van der Waals surface area contributed by atoms with Gasteiger partial charge < -0.3 is 5.32 Å². The van der Waals surface area contributed by atoms with Crippen molar-refractivity contribution in [3.63, 3.8) is 0 Å². The van der Waals surface area contributed by atoms with Gasteiger partial charge in [-0.05, 0) is 26.7 Å². The van der Waals surface area contributed by atoms with E-state index in [0.717, 1.165) is 6.54 Å². The third kappa shape index (κ3) is 3.02. The molecule has 0 unspecified atom stereocenters. The summed E-state index contributed by atoms with van der Waals surface area (Å²) >= 11 is 1.74. The number of rotatable bonds is 3. The molecule has 0 aromatic carbocycles. The van der Waals surface area contributed by atoms with Crippen LogP contribution in [0.1, 0.15) is 49.7 Å². The van der Waals surface area contributed by atoms with Crippen LogP contribution in [0.5, 0.6) is 0 Å². The van der Waals surface area contributed by atoms with Gasteiger partial charge in [0.05, 0.1) is 10.7 Å². The summed E-state index contributed by atoms with van der Waals surface area (Å²) in [7, 11) is 0. The summed E-state index contributed by atoms with van der Waals surface area (Å²) in [5.41, 5.74) is 1.56. The van der Waals surface area contributed by atoms with E-state index in [9.17, 15) is 0 Å². The van der Waals surface area contributed by atoms with E-state index in [0.29, 0.717) is 5.54 Å². The molecule has 1 aliphatic rings. The fourth-order valence-corrected chi connectivity index (χ4v) is 2.91. The molecule has 0 amide bonds. The molecule has 0 saturated heterocycles. The van der Waals surface area contributed by atoms with Crippen molar-refractivity contribution in [1.82, 2.24) is 10.3 Å². The molecule has 1 heterocycles. The number of nitrogens with one attached hydrogen (secondary N) is 1. The monoisotopic (exact) mass is 224 g/mol. The van der Waals surface area contributed by atoms with Gasteiger partial charge in [-0.1, -0.05) is 19.3 Å². The molecule has 1 aromatic rings. The van der Waals surface area contributed by atoms with E-state index < -0.39 is 0 Å². The van der Waals surface area contributed by atoms with Crippen molar-refractivity contribution in [3.8, 4) is 0 Å². The molecule has 1 aromatic heterocycles. The highest BCUT2D eigenvalue weighted by atomic mass is 32.1. The molecule has 0 radical (unpaired) electrons. The lowest BCUT2D eigenvalue weighted by Crippen LogP contribution is -2.43. The van der Waals surface area contributed by atoms with Gasteiger partial charge in [0.1, 0.15) is 0 Å². The molecule has 84 valence electrons. The summed E-state index contributed by atoms with van der Waals surface area (Å²) in [6.45, 7) is 5.35. The van der Waals surface area contributed by atoms with Gasteiger partial charge in [0.2, 0.25) is 0 Å². The second kappa shape index (κ2) is 4.62. The first-order valence-electron chi connectivity index (χ1n) is 5.84. The highest BCUT2D eigenvalue weighted by Crippen LogP contribution is 2.27. The van der Waals surface area contributed by atoms with Crippen molar-refractivity contribution in [2.45, 2.75) is 58.0 Å². The molecule has 3 heteroatoms. The third-order valence-electron chi connectivity index (χ3n) is 3.32. The maximum Gasteiger partial charge on any atom is 0.0897 e. The summed E-state index contributed by atoms with van der Waals surface area (Å²) in [6, 6.07) is 0. The van der Waals surface area contributed by atoms with Gasteiger partial charge in [0.25, 0.3) is 0 Å². The van der Waals surface area contributed by atoms with E-state index >= 15 is 0 Å². The SMILES string of the molecule is Cc1nc(CNC2(C)CCCCC2)cs1. The van der Waals surface area contributed by atoms with Gasteiger partial charge in [0, 0.05) is 17.5 Å². The van der Waals surface area contributed by atoms with Crippen LogP contribution in [0.4, 0.5) is 0 Å². The zero-order valence-corrected chi connectivity index (χ0v) is 10.5. The molecule has 0 spiro atoms. The van der Waals surface area contributed by atoms with E-state index in [-0.39, 0.29) is 0 Å². The largest absolute Gasteiger partial charge is 0.306 e. The zero-order chi connectivity index (χ0) is 10.7. The van der Waals surface area contributed by atoms with Crippen LogP contribution >= 0.6 is 11.3 Å². The van der Waals surface area contributed by atoms with Crippen LogP contribution in [-0.2, 0) is 6.54 Å². The standard InChI is InChI=1S/C12H20N2S/c1-10-14-11(9-15-10)8-13-12(2)6-4-3-5-7-12/h9,13H,3-8H2,1-2H3. The number of nitrogens with zero attached hydrogens (tertiary/aromatic N) is 1. The topological polar surface area (TPSA) is 24.9 Å². The number of thiazole rings is 1. The summed E-state index contributed by atoms with van der Waals surface area (Å²) < 4.78 is 0. The van der Waals surface area contributed by atoms with Crippen LogP contribution in [0.15, 0.2) is 5.38 Å². The molecular weight excluding hydrogens is 204 g/mol. The lowest BCUT2D eigenvalue weighted by molar-refractivity contribution is 0.251. The van der Waals surface area contributed by atoms with E-state index in [2.05, 4.69) is 29.5 Å². The maximum atomic E-state index is 4.48. The number of aryl methyl sites for hydroxylation is 1. The van der Waals surface area contributed by atoms with Crippen molar-refractivity contribution in [1.29, 1.82) is 0 Å². The van der Waals surface area contributed by atoms with Gasteiger partial charge in [-0.15, -0.1) is 11.3 Å². The van der Waals surface area contributed by atoms with Gasteiger partial charge in [0.15, 0.2) is 0 Å². The Morgan fingerprint density at radius 2 is 2.13 bits per heavy atom. The molecule has 2 rings (SSSR count). The second-order valence-corrected chi connectivity index (χ2v) is 5.89. The van der Waals surface area contributed by atoms with E-state index in [1.807, 2.05) is 0 Å². The highest BCUT2D eigenvalue weighted by molar-refractivity contribution is 7.09. The predicted molar refractivity (Wildman–Crippen MR) is 65.2 cm³/mol. The average molecular weight is 224 g/mol. The minimum atomic E-state index is 0.357. The van der Waals surface area contributed by atoms with Crippen LogP contribution in [0.2, 0.25) is 0 Å². The molecule has 15 heavy (non-hydrogen) atoms. The quantitative estimate of drug-likeness (QED) is 0.852. The Bertz CT molecular complexity index is 313. The molecule has 1 saturated carbocycles. The van der Waals surface area contributed by atoms with Crippen molar-refractivity contribution in [2.24, 2.45) is 0 Å². The lowest BCUT2D eigenvalue weighted by Gasteiger charge is -2.34. The first kappa shape index (κ1) is 11.1. The minimum Gasteiger partial charge on any atom is -0.306 e. The zero-order valence-electron chi connectivity index (χ0n) is 9.68. The summed E-state index contributed by atoms with van der Waals surface area (Å²) in [5, 5.41) is 7.00. The first-order chi connectivity index (χ1) is 7.18. The van der Waals surface area contributed by atoms with Crippen LogP contribution in [0.25, 0.3) is 0 Å². The van der Waals surface area contributed by atoms with Gasteiger partial charge >= 0.3 is 0 Å².